The summed E-state index contributed by atoms with van der Waals surface area (Å²) in [5.74, 6) is -0.238. The molecule has 6 nitrogen and oxygen atoms in total. The third kappa shape index (κ3) is 3.94. The molecule has 0 bridgehead atoms. The molecule has 1 saturated heterocycles. The van der Waals surface area contributed by atoms with Crippen molar-refractivity contribution < 1.29 is 18.0 Å². The number of hydrogen-bond donors (Lipinski definition) is 1. The monoisotopic (exact) mass is 372 g/mol. The highest BCUT2D eigenvalue weighted by Crippen LogP contribution is 2.20. The van der Waals surface area contributed by atoms with E-state index in [0.29, 0.717) is 29.9 Å². The third-order valence-electron chi connectivity index (χ3n) is 4.33. The summed E-state index contributed by atoms with van der Waals surface area (Å²) in [5, 5.41) is 0. The smallest absolute Gasteiger partial charge is 0.261 e. The number of carbonyl (C=O) groups excluding carboxylic acids is 2. The summed E-state index contributed by atoms with van der Waals surface area (Å²) in [5.41, 5.74) is 1.22. The normalized spacial score (nSPS) is 14.3. The van der Waals surface area contributed by atoms with Gasteiger partial charge in [0, 0.05) is 29.9 Å². The quantitative estimate of drug-likeness (QED) is 0.818. The molecule has 136 valence electrons. The first kappa shape index (κ1) is 18.1. The molecular weight excluding hydrogens is 352 g/mol. The molecule has 0 atom stereocenters. The maximum atomic E-state index is 12.6. The second kappa shape index (κ2) is 7.29. The number of likely N-dealkylation sites (tertiary alicyclic amines) is 1. The van der Waals surface area contributed by atoms with Gasteiger partial charge in [0.2, 0.25) is 0 Å². The predicted molar refractivity (Wildman–Crippen MR) is 98.8 cm³/mol. The molecule has 3 rings (SSSR count). The Balaban J connectivity index is 1.81. The lowest BCUT2D eigenvalue weighted by molar-refractivity contribution is 0.0792. The Hall–Kier alpha value is -2.67. The van der Waals surface area contributed by atoms with E-state index in [1.807, 2.05) is 0 Å². The van der Waals surface area contributed by atoms with Gasteiger partial charge in [-0.2, -0.15) is 0 Å². The van der Waals surface area contributed by atoms with E-state index in [-0.39, 0.29) is 16.6 Å². The number of amides is 1. The van der Waals surface area contributed by atoms with Crippen LogP contribution in [-0.4, -0.2) is 38.1 Å². The summed E-state index contributed by atoms with van der Waals surface area (Å²) < 4.78 is 27.7. The van der Waals surface area contributed by atoms with Gasteiger partial charge < -0.3 is 4.90 Å². The van der Waals surface area contributed by atoms with Crippen molar-refractivity contribution in [1.29, 1.82) is 0 Å². The third-order valence-corrected chi connectivity index (χ3v) is 5.71. The highest BCUT2D eigenvalue weighted by Gasteiger charge is 2.22. The Morgan fingerprint density at radius 2 is 1.62 bits per heavy atom. The van der Waals surface area contributed by atoms with Crippen LogP contribution in [-0.2, 0) is 10.0 Å². The fourth-order valence-electron chi connectivity index (χ4n) is 2.89. The zero-order valence-electron chi connectivity index (χ0n) is 14.4. The Kier molecular flexibility index (Phi) is 5.08. The summed E-state index contributed by atoms with van der Waals surface area (Å²) in [6, 6.07) is 12.2. The zero-order chi connectivity index (χ0) is 18.7. The molecule has 2 aromatic rings. The summed E-state index contributed by atoms with van der Waals surface area (Å²) in [6.45, 7) is 2.86. The van der Waals surface area contributed by atoms with Crippen molar-refractivity contribution in [2.45, 2.75) is 24.7 Å². The van der Waals surface area contributed by atoms with Crippen LogP contribution in [0.1, 0.15) is 40.5 Å². The first-order valence-corrected chi connectivity index (χ1v) is 9.88. The van der Waals surface area contributed by atoms with E-state index in [4.69, 9.17) is 0 Å². The largest absolute Gasteiger partial charge is 0.339 e. The van der Waals surface area contributed by atoms with E-state index < -0.39 is 10.0 Å². The number of anilines is 1. The second-order valence-corrected chi connectivity index (χ2v) is 7.95. The fraction of sp³-hybridized carbons (Fsp3) is 0.263. The summed E-state index contributed by atoms with van der Waals surface area (Å²) in [6.07, 6.45) is 1.95. The van der Waals surface area contributed by atoms with Crippen molar-refractivity contribution in [3.05, 3.63) is 59.7 Å². The average molecular weight is 372 g/mol. The van der Waals surface area contributed by atoms with Crippen molar-refractivity contribution >= 4 is 27.4 Å². The number of sulfonamides is 1. The zero-order valence-corrected chi connectivity index (χ0v) is 15.3. The summed E-state index contributed by atoms with van der Waals surface area (Å²) >= 11 is 0. The Morgan fingerprint density at radius 1 is 0.962 bits per heavy atom. The number of hydrogen-bond acceptors (Lipinski definition) is 4. The Bertz CT molecular complexity index is 930. The second-order valence-electron chi connectivity index (χ2n) is 6.27. The van der Waals surface area contributed by atoms with Crippen molar-refractivity contribution in [2.24, 2.45) is 0 Å². The van der Waals surface area contributed by atoms with Gasteiger partial charge in [-0.15, -0.1) is 0 Å². The molecule has 0 aliphatic carbocycles. The topological polar surface area (TPSA) is 83.5 Å². The molecule has 1 N–H and O–H groups in total. The molecule has 0 spiro atoms. The number of nitrogens with one attached hydrogen (secondary N) is 1. The van der Waals surface area contributed by atoms with E-state index in [1.54, 1.807) is 29.2 Å². The van der Waals surface area contributed by atoms with Gasteiger partial charge in [-0.3, -0.25) is 14.3 Å². The van der Waals surface area contributed by atoms with Gasteiger partial charge in [-0.05, 0) is 62.2 Å². The predicted octanol–water partition coefficient (Wildman–Crippen LogP) is 2.93. The first-order chi connectivity index (χ1) is 12.4. The van der Waals surface area contributed by atoms with Gasteiger partial charge in [-0.25, -0.2) is 8.42 Å². The summed E-state index contributed by atoms with van der Waals surface area (Å²) in [7, 11) is -3.83. The van der Waals surface area contributed by atoms with E-state index in [2.05, 4.69) is 4.72 Å². The van der Waals surface area contributed by atoms with E-state index >= 15 is 0 Å². The molecule has 1 aliphatic heterocycles. The molecule has 0 saturated carbocycles. The van der Waals surface area contributed by atoms with Crippen LogP contribution in [0.25, 0.3) is 0 Å². The van der Waals surface area contributed by atoms with Gasteiger partial charge in [-0.1, -0.05) is 6.07 Å². The van der Waals surface area contributed by atoms with E-state index in [1.165, 1.54) is 31.2 Å². The van der Waals surface area contributed by atoms with Crippen LogP contribution in [0.2, 0.25) is 0 Å². The van der Waals surface area contributed by atoms with E-state index in [0.717, 1.165) is 12.8 Å². The number of benzene rings is 2. The lowest BCUT2D eigenvalue weighted by Gasteiger charge is -2.16. The number of nitrogens with zero attached hydrogens (tertiary/aromatic N) is 1. The van der Waals surface area contributed by atoms with Gasteiger partial charge >= 0.3 is 0 Å². The van der Waals surface area contributed by atoms with Crippen LogP contribution in [0.5, 0.6) is 0 Å². The minimum Gasteiger partial charge on any atom is -0.339 e. The molecule has 1 aliphatic rings. The van der Waals surface area contributed by atoms with Crippen LogP contribution in [0.15, 0.2) is 53.4 Å². The highest BCUT2D eigenvalue weighted by atomic mass is 32.2. The molecule has 0 aromatic heterocycles. The number of Topliss-reactive ketones (excluding diaryl/α,β-unsaturated/α-hetero) is 1. The van der Waals surface area contributed by atoms with Crippen LogP contribution in [0.3, 0.4) is 0 Å². The number of carbonyl (C=O) groups is 2. The standard InChI is InChI=1S/C19H20N2O4S/c1-14(22)15-7-9-17(10-8-15)20-26(24,25)18-6-4-5-16(13-18)19(23)21-11-2-3-12-21/h4-10,13,20H,2-3,11-12H2,1H3. The summed E-state index contributed by atoms with van der Waals surface area (Å²) in [4.78, 5) is 25.5. The van der Waals surface area contributed by atoms with Crippen LogP contribution in [0.4, 0.5) is 5.69 Å². The van der Waals surface area contributed by atoms with Crippen molar-refractivity contribution in [3.63, 3.8) is 0 Å². The van der Waals surface area contributed by atoms with Crippen molar-refractivity contribution in [2.75, 3.05) is 17.8 Å². The molecule has 0 radical (unpaired) electrons. The molecule has 0 unspecified atom stereocenters. The number of rotatable bonds is 5. The van der Waals surface area contributed by atoms with Gasteiger partial charge in [0.05, 0.1) is 4.90 Å². The molecular formula is C19H20N2O4S. The minimum atomic E-state index is -3.83. The first-order valence-electron chi connectivity index (χ1n) is 8.40. The van der Waals surface area contributed by atoms with Gasteiger partial charge in [0.25, 0.3) is 15.9 Å². The van der Waals surface area contributed by atoms with Crippen molar-refractivity contribution in [3.8, 4) is 0 Å². The molecule has 2 aromatic carbocycles. The average Bonchev–Trinajstić information content (AvgIpc) is 3.16. The maximum absolute atomic E-state index is 12.6. The molecule has 1 heterocycles. The lowest BCUT2D eigenvalue weighted by Crippen LogP contribution is -2.27. The Labute approximate surface area is 152 Å². The Morgan fingerprint density at radius 3 is 2.23 bits per heavy atom. The number of ketones is 1. The lowest BCUT2D eigenvalue weighted by atomic mass is 10.1. The van der Waals surface area contributed by atoms with Crippen LogP contribution >= 0.6 is 0 Å². The van der Waals surface area contributed by atoms with E-state index in [9.17, 15) is 18.0 Å². The molecule has 1 amide bonds. The van der Waals surface area contributed by atoms with Crippen LogP contribution < -0.4 is 4.72 Å². The molecule has 26 heavy (non-hydrogen) atoms. The maximum Gasteiger partial charge on any atom is 0.261 e. The van der Waals surface area contributed by atoms with Crippen LogP contribution in [0, 0.1) is 0 Å². The van der Waals surface area contributed by atoms with Crippen molar-refractivity contribution in [1.82, 2.24) is 4.90 Å². The highest BCUT2D eigenvalue weighted by molar-refractivity contribution is 7.92. The van der Waals surface area contributed by atoms with Gasteiger partial charge in [0.1, 0.15) is 0 Å². The van der Waals surface area contributed by atoms with Gasteiger partial charge in [0.15, 0.2) is 5.78 Å². The minimum absolute atomic E-state index is 0.0261. The SMILES string of the molecule is CC(=O)c1ccc(NS(=O)(=O)c2cccc(C(=O)N3CCCC3)c2)cc1. The molecule has 7 heteroatoms. The molecule has 1 fully saturated rings. The fourth-order valence-corrected chi connectivity index (χ4v) is 3.99.